The summed E-state index contributed by atoms with van der Waals surface area (Å²) in [6.45, 7) is 5.45. The van der Waals surface area contributed by atoms with Crippen molar-refractivity contribution in [2.75, 3.05) is 0 Å². The van der Waals surface area contributed by atoms with Crippen LogP contribution in [-0.2, 0) is 18.4 Å². The number of hydrogen-bond acceptors (Lipinski definition) is 4. The molecule has 0 fully saturated rings. The molecule has 0 bridgehead atoms. The fraction of sp³-hybridized carbons (Fsp3) is 0.667. The number of nitrogens with zero attached hydrogens (tertiary/aromatic N) is 3. The van der Waals surface area contributed by atoms with Gasteiger partial charge in [0.1, 0.15) is 17.2 Å². The Morgan fingerprint density at radius 3 is 2.53 bits per heavy atom. The Balaban J connectivity index is 2.65. The van der Waals surface area contributed by atoms with E-state index in [-0.39, 0.29) is 0 Å². The third kappa shape index (κ3) is 2.53. The maximum atomic E-state index is 10.8. The van der Waals surface area contributed by atoms with Gasteiger partial charge in [-0.15, -0.1) is 10.2 Å². The van der Waals surface area contributed by atoms with Gasteiger partial charge in [-0.1, -0.05) is 0 Å². The quantitative estimate of drug-likeness (QED) is 0.738. The third-order valence-corrected chi connectivity index (χ3v) is 2.41. The van der Waals surface area contributed by atoms with E-state index in [9.17, 15) is 4.79 Å². The molecule has 2 N–H and O–H groups in total. The zero-order valence-electron chi connectivity index (χ0n) is 9.40. The van der Waals surface area contributed by atoms with Crippen molar-refractivity contribution in [3.05, 3.63) is 11.6 Å². The zero-order valence-corrected chi connectivity index (χ0v) is 9.40. The van der Waals surface area contributed by atoms with Crippen LogP contribution < -0.4 is 5.32 Å². The van der Waals surface area contributed by atoms with Crippen LogP contribution in [0.3, 0.4) is 0 Å². The molecule has 0 unspecified atom stereocenters. The summed E-state index contributed by atoms with van der Waals surface area (Å²) >= 11 is 0. The fourth-order valence-corrected chi connectivity index (χ4v) is 0.981. The zero-order chi connectivity index (χ0) is 11.6. The second-order valence-electron chi connectivity index (χ2n) is 4.01. The summed E-state index contributed by atoms with van der Waals surface area (Å²) in [6, 6.07) is 0. The van der Waals surface area contributed by atoms with Crippen molar-refractivity contribution in [3.8, 4) is 0 Å². The molecule has 0 saturated carbocycles. The molecule has 1 heterocycles. The van der Waals surface area contributed by atoms with E-state index in [4.69, 9.17) is 5.11 Å². The summed E-state index contributed by atoms with van der Waals surface area (Å²) < 4.78 is 1.82. The standard InChI is InChI=1S/C9H16N4O2/c1-6-11-12-7(13(6)4)5-10-9(2,3)8(14)15/h10H,5H2,1-4H3,(H,14,15). The van der Waals surface area contributed by atoms with Crippen molar-refractivity contribution in [2.24, 2.45) is 7.05 Å². The average Bonchev–Trinajstić information content (AvgIpc) is 2.45. The number of carbonyl (C=O) groups is 1. The van der Waals surface area contributed by atoms with Crippen LogP contribution in [0.25, 0.3) is 0 Å². The molecule has 0 spiro atoms. The highest BCUT2D eigenvalue weighted by molar-refractivity contribution is 5.77. The third-order valence-electron chi connectivity index (χ3n) is 2.41. The van der Waals surface area contributed by atoms with Gasteiger partial charge in [0.05, 0.1) is 6.54 Å². The smallest absolute Gasteiger partial charge is 0.323 e. The van der Waals surface area contributed by atoms with E-state index in [0.29, 0.717) is 6.54 Å². The van der Waals surface area contributed by atoms with E-state index < -0.39 is 11.5 Å². The monoisotopic (exact) mass is 212 g/mol. The Morgan fingerprint density at radius 2 is 2.13 bits per heavy atom. The van der Waals surface area contributed by atoms with Crippen LogP contribution >= 0.6 is 0 Å². The minimum absolute atomic E-state index is 0.386. The number of rotatable bonds is 4. The highest BCUT2D eigenvalue weighted by atomic mass is 16.4. The van der Waals surface area contributed by atoms with Crippen molar-refractivity contribution < 1.29 is 9.90 Å². The molecule has 0 radical (unpaired) electrons. The van der Waals surface area contributed by atoms with Crippen molar-refractivity contribution >= 4 is 5.97 Å². The van der Waals surface area contributed by atoms with E-state index in [1.165, 1.54) is 0 Å². The largest absolute Gasteiger partial charge is 0.480 e. The van der Waals surface area contributed by atoms with Crippen molar-refractivity contribution in [1.29, 1.82) is 0 Å². The molecular formula is C9H16N4O2. The van der Waals surface area contributed by atoms with E-state index >= 15 is 0 Å². The van der Waals surface area contributed by atoms with Gasteiger partial charge in [-0.05, 0) is 20.8 Å². The first kappa shape index (κ1) is 11.6. The summed E-state index contributed by atoms with van der Waals surface area (Å²) in [4.78, 5) is 10.8. The molecular weight excluding hydrogens is 196 g/mol. The van der Waals surface area contributed by atoms with Crippen molar-refractivity contribution in [2.45, 2.75) is 32.9 Å². The van der Waals surface area contributed by atoms with Crippen LogP contribution in [0.5, 0.6) is 0 Å². The minimum Gasteiger partial charge on any atom is -0.480 e. The number of carboxylic acids is 1. The highest BCUT2D eigenvalue weighted by Crippen LogP contribution is 2.04. The Morgan fingerprint density at radius 1 is 1.53 bits per heavy atom. The van der Waals surface area contributed by atoms with Crippen LogP contribution in [0.2, 0.25) is 0 Å². The van der Waals surface area contributed by atoms with Gasteiger partial charge in [0.25, 0.3) is 0 Å². The first-order valence-corrected chi connectivity index (χ1v) is 4.68. The normalized spacial score (nSPS) is 11.7. The number of aliphatic carboxylic acids is 1. The van der Waals surface area contributed by atoms with Crippen molar-refractivity contribution in [3.63, 3.8) is 0 Å². The predicted molar refractivity (Wildman–Crippen MR) is 54.3 cm³/mol. The minimum atomic E-state index is -0.958. The lowest BCUT2D eigenvalue weighted by Crippen LogP contribution is -2.46. The van der Waals surface area contributed by atoms with E-state index in [1.54, 1.807) is 13.8 Å². The molecule has 0 aliphatic heterocycles. The number of aromatic nitrogens is 3. The molecule has 0 aromatic carbocycles. The Bertz CT molecular complexity index is 370. The lowest BCUT2D eigenvalue weighted by Gasteiger charge is -2.20. The average molecular weight is 212 g/mol. The molecule has 1 rings (SSSR count). The molecule has 15 heavy (non-hydrogen) atoms. The molecule has 0 aliphatic rings. The molecule has 0 saturated heterocycles. The van der Waals surface area contributed by atoms with Crippen LogP contribution in [0.4, 0.5) is 0 Å². The van der Waals surface area contributed by atoms with Gasteiger partial charge in [0.2, 0.25) is 0 Å². The molecule has 1 aromatic heterocycles. The topological polar surface area (TPSA) is 80.0 Å². The molecule has 84 valence electrons. The van der Waals surface area contributed by atoms with Crippen LogP contribution in [-0.4, -0.2) is 31.4 Å². The molecule has 6 heteroatoms. The number of carboxylic acid groups (broad SMARTS) is 1. The summed E-state index contributed by atoms with van der Waals surface area (Å²) in [5, 5.41) is 19.6. The van der Waals surface area contributed by atoms with Crippen LogP contribution in [0.15, 0.2) is 0 Å². The fourth-order valence-electron chi connectivity index (χ4n) is 0.981. The summed E-state index contributed by atoms with van der Waals surface area (Å²) in [5.41, 5.74) is -0.958. The van der Waals surface area contributed by atoms with Crippen LogP contribution in [0.1, 0.15) is 25.5 Å². The molecule has 0 amide bonds. The second-order valence-corrected chi connectivity index (χ2v) is 4.01. The number of aryl methyl sites for hydroxylation is 1. The van der Waals surface area contributed by atoms with E-state index in [2.05, 4.69) is 15.5 Å². The SMILES string of the molecule is Cc1nnc(CNC(C)(C)C(=O)O)n1C. The lowest BCUT2D eigenvalue weighted by atomic mass is 10.1. The van der Waals surface area contributed by atoms with E-state index in [1.807, 2.05) is 18.5 Å². The van der Waals surface area contributed by atoms with Gasteiger partial charge in [-0.2, -0.15) is 0 Å². The van der Waals surface area contributed by atoms with E-state index in [0.717, 1.165) is 11.6 Å². The van der Waals surface area contributed by atoms with Gasteiger partial charge in [-0.3, -0.25) is 10.1 Å². The Hall–Kier alpha value is -1.43. The summed E-state index contributed by atoms with van der Waals surface area (Å²) in [7, 11) is 1.85. The molecule has 0 atom stereocenters. The van der Waals surface area contributed by atoms with Gasteiger partial charge in [0.15, 0.2) is 0 Å². The predicted octanol–water partition coefficient (Wildman–Crippen LogP) is 0.0763. The molecule has 1 aromatic rings. The second kappa shape index (κ2) is 3.98. The first-order chi connectivity index (χ1) is 6.84. The van der Waals surface area contributed by atoms with Crippen molar-refractivity contribution in [1.82, 2.24) is 20.1 Å². The number of nitrogens with one attached hydrogen (secondary N) is 1. The van der Waals surface area contributed by atoms with Crippen LogP contribution in [0, 0.1) is 6.92 Å². The summed E-state index contributed by atoms with van der Waals surface area (Å²) in [5.74, 6) is 0.642. The first-order valence-electron chi connectivity index (χ1n) is 4.68. The van der Waals surface area contributed by atoms with Gasteiger partial charge in [-0.25, -0.2) is 0 Å². The van der Waals surface area contributed by atoms with Gasteiger partial charge < -0.3 is 9.67 Å². The highest BCUT2D eigenvalue weighted by Gasteiger charge is 2.26. The maximum Gasteiger partial charge on any atom is 0.323 e. The molecule has 6 nitrogen and oxygen atoms in total. The Kier molecular flexibility index (Phi) is 3.09. The van der Waals surface area contributed by atoms with Gasteiger partial charge >= 0.3 is 5.97 Å². The lowest BCUT2D eigenvalue weighted by molar-refractivity contribution is -0.143. The maximum absolute atomic E-state index is 10.8. The molecule has 0 aliphatic carbocycles. The Labute approximate surface area is 88.3 Å². The van der Waals surface area contributed by atoms with Gasteiger partial charge in [0, 0.05) is 7.05 Å². The summed E-state index contributed by atoms with van der Waals surface area (Å²) in [6.07, 6.45) is 0. The number of hydrogen-bond donors (Lipinski definition) is 2.